The Morgan fingerprint density at radius 2 is 0.912 bits per heavy atom. The van der Waals surface area contributed by atoms with Gasteiger partial charge in [0.25, 0.3) is 0 Å². The molecule has 0 fully saturated rings. The summed E-state index contributed by atoms with van der Waals surface area (Å²) in [4.78, 5) is 11.5. The molecule has 0 aromatic heterocycles. The van der Waals surface area contributed by atoms with Crippen LogP contribution in [0.25, 0.3) is 0 Å². The van der Waals surface area contributed by atoms with Gasteiger partial charge in [0.05, 0.1) is 0 Å². The Labute approximate surface area is 208 Å². The second kappa shape index (κ2) is 8.24. The summed E-state index contributed by atoms with van der Waals surface area (Å²) in [6, 6.07) is 9.09. The topological polar surface area (TPSA) is 38.7 Å². The van der Waals surface area contributed by atoms with Crippen LogP contribution >= 0.6 is 7.94 Å². The third-order valence-electron chi connectivity index (χ3n) is 6.64. The first kappa shape index (κ1) is 27.0. The van der Waals surface area contributed by atoms with Crippen LogP contribution in [-0.2, 0) is 28.1 Å². The molecular weight excluding hydrogens is 439 g/mol. The third kappa shape index (κ3) is 5.63. The Bertz CT molecular complexity index is 999. The SMILES string of the molecule is CC(C)(C)c1cc2c(c(C(C)(C)C)c1)O[PH](C)(O)Oc1c(cc(C(C)(C)C)cc1C(C)(C)C)C2. The number of hydrogen-bond acceptors (Lipinski definition) is 3. The molecule has 0 saturated carbocycles. The van der Waals surface area contributed by atoms with Gasteiger partial charge in [-0.25, -0.2) is 0 Å². The van der Waals surface area contributed by atoms with Crippen molar-refractivity contribution in [3.05, 3.63) is 57.6 Å². The van der Waals surface area contributed by atoms with Gasteiger partial charge >= 0.3 is 209 Å². The van der Waals surface area contributed by atoms with Gasteiger partial charge in [-0.3, -0.25) is 0 Å². The minimum atomic E-state index is -3.52. The van der Waals surface area contributed by atoms with Gasteiger partial charge in [-0.2, -0.15) is 0 Å². The Balaban J connectivity index is 2.42. The van der Waals surface area contributed by atoms with E-state index < -0.39 is 7.94 Å². The summed E-state index contributed by atoms with van der Waals surface area (Å²) < 4.78 is 12.9. The number of benzene rings is 2. The summed E-state index contributed by atoms with van der Waals surface area (Å²) in [5.74, 6) is 1.59. The first-order valence-corrected chi connectivity index (χ1v) is 14.8. The summed E-state index contributed by atoms with van der Waals surface area (Å²) in [7, 11) is -3.52. The van der Waals surface area contributed by atoms with E-state index in [1.807, 2.05) is 0 Å². The van der Waals surface area contributed by atoms with Crippen LogP contribution in [0, 0.1) is 0 Å². The summed E-state index contributed by atoms with van der Waals surface area (Å²) >= 11 is 0. The average molecular weight is 487 g/mol. The number of hydrogen-bond donors (Lipinski definition) is 1. The summed E-state index contributed by atoms with van der Waals surface area (Å²) in [6.07, 6.45) is 0.704. The minimum absolute atomic E-state index is 0.000497. The predicted octanol–water partition coefficient (Wildman–Crippen LogP) is 8.36. The molecule has 2 aromatic rings. The maximum absolute atomic E-state index is 11.5. The number of fused-ring (bicyclic) bond motifs is 2. The normalized spacial score (nSPS) is 17.5. The van der Waals surface area contributed by atoms with Crippen molar-refractivity contribution in [1.29, 1.82) is 0 Å². The molecule has 1 aliphatic rings. The van der Waals surface area contributed by atoms with Crippen molar-refractivity contribution >= 4 is 7.94 Å². The molecule has 1 aliphatic heterocycles. The molecule has 3 rings (SSSR count). The Kier molecular flexibility index (Phi) is 6.55. The molecule has 1 heterocycles. The number of rotatable bonds is 0. The fourth-order valence-electron chi connectivity index (χ4n) is 4.47. The molecule has 0 amide bonds. The molecule has 0 saturated heterocycles. The molecular formula is C30H47O3P. The molecule has 0 aliphatic carbocycles. The Hall–Kier alpha value is -1.57. The van der Waals surface area contributed by atoms with Gasteiger partial charge in [0.1, 0.15) is 0 Å². The van der Waals surface area contributed by atoms with Crippen LogP contribution in [0.2, 0.25) is 0 Å². The summed E-state index contributed by atoms with van der Waals surface area (Å²) in [6.45, 7) is 28.5. The van der Waals surface area contributed by atoms with Gasteiger partial charge in [-0.15, -0.1) is 0 Å². The zero-order valence-electron chi connectivity index (χ0n) is 23.8. The van der Waals surface area contributed by atoms with Gasteiger partial charge < -0.3 is 0 Å². The molecule has 34 heavy (non-hydrogen) atoms. The van der Waals surface area contributed by atoms with Crippen LogP contribution in [0.4, 0.5) is 0 Å². The van der Waals surface area contributed by atoms with Crippen LogP contribution in [0.1, 0.15) is 116 Å². The standard InChI is InChI=1S/C30H47O3P/c1-27(2,3)21-15-19-14-20-16-22(28(4,5)6)18-24(30(10,11)12)26(20)33-34(13,31)32-25(19)23(17-21)29(7,8)9/h15-18,31,34H,14H2,1-13H3. The van der Waals surface area contributed by atoms with Crippen LogP contribution in [0.5, 0.6) is 11.5 Å². The predicted molar refractivity (Wildman–Crippen MR) is 148 cm³/mol. The van der Waals surface area contributed by atoms with E-state index in [2.05, 4.69) is 107 Å². The monoisotopic (exact) mass is 486 g/mol. The van der Waals surface area contributed by atoms with Gasteiger partial charge in [0, 0.05) is 0 Å². The fraction of sp³-hybridized carbons (Fsp3) is 0.600. The van der Waals surface area contributed by atoms with E-state index in [1.165, 1.54) is 11.1 Å². The van der Waals surface area contributed by atoms with Crippen molar-refractivity contribution in [2.24, 2.45) is 0 Å². The van der Waals surface area contributed by atoms with Crippen molar-refractivity contribution < 1.29 is 13.9 Å². The zero-order chi connectivity index (χ0) is 26.1. The van der Waals surface area contributed by atoms with E-state index in [4.69, 9.17) is 9.05 Å². The van der Waals surface area contributed by atoms with Crippen LogP contribution in [0.3, 0.4) is 0 Å². The van der Waals surface area contributed by atoms with E-state index >= 15 is 0 Å². The van der Waals surface area contributed by atoms with Gasteiger partial charge in [-0.05, 0) is 0 Å². The van der Waals surface area contributed by atoms with Crippen LogP contribution < -0.4 is 9.05 Å². The average Bonchev–Trinajstić information content (AvgIpc) is 2.58. The van der Waals surface area contributed by atoms with E-state index in [-0.39, 0.29) is 21.7 Å². The van der Waals surface area contributed by atoms with E-state index in [9.17, 15) is 4.89 Å². The molecule has 0 unspecified atom stereocenters. The molecule has 0 spiro atoms. The fourth-order valence-corrected chi connectivity index (χ4v) is 5.75. The molecule has 0 bridgehead atoms. The van der Waals surface area contributed by atoms with Gasteiger partial charge in [0.15, 0.2) is 0 Å². The van der Waals surface area contributed by atoms with Crippen molar-refractivity contribution in [1.82, 2.24) is 0 Å². The van der Waals surface area contributed by atoms with Crippen molar-refractivity contribution in [2.45, 2.75) is 111 Å². The van der Waals surface area contributed by atoms with Crippen LogP contribution in [0.15, 0.2) is 24.3 Å². The summed E-state index contributed by atoms with van der Waals surface area (Å²) in [5, 5.41) is 0. The molecule has 4 heteroatoms. The van der Waals surface area contributed by atoms with Gasteiger partial charge in [-0.1, -0.05) is 0 Å². The zero-order valence-corrected chi connectivity index (χ0v) is 24.8. The van der Waals surface area contributed by atoms with E-state index in [0.29, 0.717) is 6.42 Å². The molecule has 3 nitrogen and oxygen atoms in total. The van der Waals surface area contributed by atoms with E-state index in [0.717, 1.165) is 33.8 Å². The van der Waals surface area contributed by atoms with E-state index in [1.54, 1.807) is 6.66 Å². The maximum atomic E-state index is 11.5. The Morgan fingerprint density at radius 3 is 1.18 bits per heavy atom. The molecule has 0 atom stereocenters. The molecule has 0 radical (unpaired) electrons. The molecule has 1 N–H and O–H groups in total. The second-order valence-corrected chi connectivity index (χ2v) is 16.5. The molecule has 2 aromatic carbocycles. The van der Waals surface area contributed by atoms with Crippen molar-refractivity contribution in [3.8, 4) is 11.5 Å². The summed E-state index contributed by atoms with van der Waals surface area (Å²) in [5.41, 5.74) is 6.79. The van der Waals surface area contributed by atoms with Crippen molar-refractivity contribution in [3.63, 3.8) is 0 Å². The third-order valence-corrected chi connectivity index (χ3v) is 7.81. The second-order valence-electron chi connectivity index (χ2n) is 14.3. The quantitative estimate of drug-likeness (QED) is 0.380. The first-order valence-electron chi connectivity index (χ1n) is 12.6. The van der Waals surface area contributed by atoms with Gasteiger partial charge in [0.2, 0.25) is 0 Å². The van der Waals surface area contributed by atoms with Crippen LogP contribution in [-0.4, -0.2) is 11.6 Å². The first-order chi connectivity index (χ1) is 15.1. The van der Waals surface area contributed by atoms with Crippen molar-refractivity contribution in [2.75, 3.05) is 6.66 Å². The Morgan fingerprint density at radius 1 is 0.588 bits per heavy atom. The molecule has 190 valence electrons.